The third-order valence-corrected chi connectivity index (χ3v) is 3.76. The highest BCUT2D eigenvalue weighted by Crippen LogP contribution is 2.25. The smallest absolute Gasteiger partial charge is 0.317 e. The summed E-state index contributed by atoms with van der Waals surface area (Å²) in [7, 11) is 0. The maximum absolute atomic E-state index is 11.9. The molecule has 0 aromatic carbocycles. The molecule has 0 bridgehead atoms. The maximum atomic E-state index is 11.9. The number of aryl methyl sites for hydroxylation is 1. The van der Waals surface area contributed by atoms with Crippen molar-refractivity contribution in [1.29, 1.82) is 0 Å². The van der Waals surface area contributed by atoms with Crippen LogP contribution in [0.25, 0.3) is 0 Å². The van der Waals surface area contributed by atoms with Gasteiger partial charge in [0.25, 0.3) is 0 Å². The van der Waals surface area contributed by atoms with Crippen LogP contribution in [0.15, 0.2) is 4.52 Å². The molecule has 1 aromatic rings. The van der Waals surface area contributed by atoms with Crippen molar-refractivity contribution in [2.75, 3.05) is 13.1 Å². The van der Waals surface area contributed by atoms with Gasteiger partial charge in [-0.1, -0.05) is 18.0 Å². The van der Waals surface area contributed by atoms with Gasteiger partial charge >= 0.3 is 6.03 Å². The van der Waals surface area contributed by atoms with Crippen LogP contribution in [0.2, 0.25) is 0 Å². The van der Waals surface area contributed by atoms with Crippen LogP contribution < -0.4 is 5.32 Å². The second-order valence-corrected chi connectivity index (χ2v) is 5.20. The number of amides is 2. The second kappa shape index (κ2) is 4.59. The molecule has 0 atom stereocenters. The van der Waals surface area contributed by atoms with Crippen molar-refractivity contribution in [2.24, 2.45) is 0 Å². The first-order valence-electron chi connectivity index (χ1n) is 6.58. The van der Waals surface area contributed by atoms with Crippen molar-refractivity contribution >= 4 is 6.03 Å². The summed E-state index contributed by atoms with van der Waals surface area (Å²) in [6.07, 6.45) is 4.70. The number of rotatable bonds is 2. The van der Waals surface area contributed by atoms with Crippen molar-refractivity contribution < 1.29 is 9.32 Å². The van der Waals surface area contributed by atoms with Crippen LogP contribution in [0.5, 0.6) is 0 Å². The molecule has 6 nitrogen and oxygen atoms in total. The van der Waals surface area contributed by atoms with E-state index in [1.54, 1.807) is 6.92 Å². The number of nitrogens with one attached hydrogen (secondary N) is 1. The Morgan fingerprint density at radius 3 is 2.72 bits per heavy atom. The van der Waals surface area contributed by atoms with Gasteiger partial charge in [0.15, 0.2) is 5.82 Å². The van der Waals surface area contributed by atoms with Crippen molar-refractivity contribution in [2.45, 2.75) is 44.6 Å². The second-order valence-electron chi connectivity index (χ2n) is 5.20. The van der Waals surface area contributed by atoms with E-state index in [2.05, 4.69) is 15.5 Å². The molecule has 6 heteroatoms. The van der Waals surface area contributed by atoms with Gasteiger partial charge in [0, 0.05) is 26.1 Å². The molecular weight excluding hydrogens is 232 g/mol. The first kappa shape index (κ1) is 11.5. The van der Waals surface area contributed by atoms with E-state index in [1.165, 1.54) is 12.8 Å². The molecule has 0 unspecified atom stereocenters. The van der Waals surface area contributed by atoms with Gasteiger partial charge in [-0.3, -0.25) is 0 Å². The fraction of sp³-hybridized carbons (Fsp3) is 0.750. The number of urea groups is 1. The van der Waals surface area contributed by atoms with E-state index in [0.717, 1.165) is 18.7 Å². The van der Waals surface area contributed by atoms with Crippen LogP contribution in [0.4, 0.5) is 4.79 Å². The third kappa shape index (κ3) is 2.19. The van der Waals surface area contributed by atoms with Gasteiger partial charge < -0.3 is 14.7 Å². The van der Waals surface area contributed by atoms with Crippen molar-refractivity contribution in [3.8, 4) is 0 Å². The lowest BCUT2D eigenvalue weighted by Crippen LogP contribution is -2.54. The molecule has 1 aromatic heterocycles. The standard InChI is InChI=1S/C12H18N4O2/c1-8-13-11(15-18-8)9-6-16(7-9)12(17)14-10-4-2-3-5-10/h9-10H,2-7H2,1H3,(H,14,17). The predicted molar refractivity (Wildman–Crippen MR) is 64.1 cm³/mol. The first-order chi connectivity index (χ1) is 8.72. The lowest BCUT2D eigenvalue weighted by molar-refractivity contribution is 0.144. The Kier molecular flexibility index (Phi) is 2.93. The van der Waals surface area contributed by atoms with E-state index in [9.17, 15) is 4.79 Å². The zero-order valence-corrected chi connectivity index (χ0v) is 10.6. The fourth-order valence-corrected chi connectivity index (χ4v) is 2.62. The lowest BCUT2D eigenvalue weighted by Gasteiger charge is -2.37. The molecular formula is C12H18N4O2. The molecule has 0 spiro atoms. The number of aromatic nitrogens is 2. The molecule has 2 heterocycles. The summed E-state index contributed by atoms with van der Waals surface area (Å²) in [5.74, 6) is 1.54. The number of hydrogen-bond acceptors (Lipinski definition) is 4. The predicted octanol–water partition coefficient (Wildman–Crippen LogP) is 1.43. The van der Waals surface area contributed by atoms with Crippen LogP contribution >= 0.6 is 0 Å². The highest BCUT2D eigenvalue weighted by atomic mass is 16.5. The van der Waals surface area contributed by atoms with Gasteiger partial charge in [0.05, 0.1) is 5.92 Å². The average Bonchev–Trinajstić information content (AvgIpc) is 2.88. The van der Waals surface area contributed by atoms with E-state index >= 15 is 0 Å². The Hall–Kier alpha value is -1.59. The Labute approximate surface area is 106 Å². The zero-order chi connectivity index (χ0) is 12.5. The molecule has 1 N–H and O–H groups in total. The van der Waals surface area contributed by atoms with Crippen molar-refractivity contribution in [3.63, 3.8) is 0 Å². The van der Waals surface area contributed by atoms with Crippen LogP contribution in [-0.4, -0.2) is 40.2 Å². The quantitative estimate of drug-likeness (QED) is 0.862. The van der Waals surface area contributed by atoms with Crippen LogP contribution in [0.1, 0.15) is 43.3 Å². The number of nitrogens with zero attached hydrogens (tertiary/aromatic N) is 3. The number of hydrogen-bond donors (Lipinski definition) is 1. The Morgan fingerprint density at radius 1 is 1.39 bits per heavy atom. The lowest BCUT2D eigenvalue weighted by atomic mass is 10.00. The molecule has 1 saturated heterocycles. The maximum Gasteiger partial charge on any atom is 0.317 e. The molecule has 2 fully saturated rings. The molecule has 3 rings (SSSR count). The van der Waals surface area contributed by atoms with Crippen molar-refractivity contribution in [1.82, 2.24) is 20.4 Å². The van der Waals surface area contributed by atoms with E-state index in [-0.39, 0.29) is 11.9 Å². The Morgan fingerprint density at radius 2 is 2.11 bits per heavy atom. The molecule has 2 aliphatic rings. The van der Waals surface area contributed by atoms with Gasteiger partial charge in [-0.2, -0.15) is 4.98 Å². The molecule has 1 aliphatic carbocycles. The normalized spacial score (nSPS) is 21.1. The van der Waals surface area contributed by atoms with E-state index in [4.69, 9.17) is 4.52 Å². The number of carbonyl (C=O) groups excluding carboxylic acids is 1. The first-order valence-corrected chi connectivity index (χ1v) is 6.58. The summed E-state index contributed by atoms with van der Waals surface area (Å²) in [5, 5.41) is 6.97. The summed E-state index contributed by atoms with van der Waals surface area (Å²) >= 11 is 0. The summed E-state index contributed by atoms with van der Waals surface area (Å²) in [6, 6.07) is 0.433. The van der Waals surface area contributed by atoms with Gasteiger partial charge in [-0.05, 0) is 12.8 Å². The minimum absolute atomic E-state index is 0.0540. The van der Waals surface area contributed by atoms with Gasteiger partial charge in [-0.25, -0.2) is 4.79 Å². The minimum atomic E-state index is 0.0540. The molecule has 1 aliphatic heterocycles. The summed E-state index contributed by atoms with van der Waals surface area (Å²) < 4.78 is 4.94. The number of carbonyl (C=O) groups is 1. The molecule has 0 radical (unpaired) electrons. The van der Waals surface area contributed by atoms with Crippen molar-refractivity contribution in [3.05, 3.63) is 11.7 Å². The zero-order valence-electron chi connectivity index (χ0n) is 10.6. The number of likely N-dealkylation sites (tertiary alicyclic amines) is 1. The SMILES string of the molecule is Cc1nc(C2CN(C(=O)NC3CCCC3)C2)no1. The summed E-state index contributed by atoms with van der Waals surface area (Å²) in [4.78, 5) is 17.9. The fourth-order valence-electron chi connectivity index (χ4n) is 2.62. The van der Waals surface area contributed by atoms with Crippen LogP contribution in [-0.2, 0) is 0 Å². The largest absolute Gasteiger partial charge is 0.340 e. The molecule has 1 saturated carbocycles. The van der Waals surface area contributed by atoms with E-state index < -0.39 is 0 Å². The molecule has 2 amide bonds. The van der Waals surface area contributed by atoms with Crippen LogP contribution in [0.3, 0.4) is 0 Å². The minimum Gasteiger partial charge on any atom is -0.340 e. The van der Waals surface area contributed by atoms with E-state index in [1.807, 2.05) is 4.90 Å². The topological polar surface area (TPSA) is 71.3 Å². The Balaban J connectivity index is 1.48. The Bertz CT molecular complexity index is 433. The van der Waals surface area contributed by atoms with Crippen LogP contribution in [0, 0.1) is 6.92 Å². The third-order valence-electron chi connectivity index (χ3n) is 3.76. The van der Waals surface area contributed by atoms with E-state index in [0.29, 0.717) is 25.0 Å². The van der Waals surface area contributed by atoms with Gasteiger partial charge in [-0.15, -0.1) is 0 Å². The molecule has 98 valence electrons. The van der Waals surface area contributed by atoms with Gasteiger partial charge in [0.1, 0.15) is 0 Å². The average molecular weight is 250 g/mol. The monoisotopic (exact) mass is 250 g/mol. The summed E-state index contributed by atoms with van der Waals surface area (Å²) in [5.41, 5.74) is 0. The summed E-state index contributed by atoms with van der Waals surface area (Å²) in [6.45, 7) is 3.16. The highest BCUT2D eigenvalue weighted by Gasteiger charge is 2.35. The highest BCUT2D eigenvalue weighted by molar-refractivity contribution is 5.75. The molecule has 18 heavy (non-hydrogen) atoms. The van der Waals surface area contributed by atoms with Gasteiger partial charge in [0.2, 0.25) is 5.89 Å².